The Labute approximate surface area is 148 Å². The fourth-order valence-electron chi connectivity index (χ4n) is 3.04. The van der Waals surface area contributed by atoms with E-state index in [9.17, 15) is 45.3 Å². The molecule has 0 spiro atoms. The summed E-state index contributed by atoms with van der Waals surface area (Å²) in [5, 5.41) is 13.0. The van der Waals surface area contributed by atoms with E-state index in [4.69, 9.17) is 0 Å². The van der Waals surface area contributed by atoms with Crippen LogP contribution < -0.4 is 5.32 Å². The molecule has 8 nitrogen and oxygen atoms in total. The molecule has 0 saturated carbocycles. The van der Waals surface area contributed by atoms with Crippen LogP contribution in [-0.4, -0.2) is 54.5 Å². The fourth-order valence-corrected chi connectivity index (χ4v) is 4.68. The number of hydrogen-bond donors (Lipinski definition) is 1. The number of sulfonamides is 1. The lowest BCUT2D eigenvalue weighted by Gasteiger charge is -2.19. The molecule has 3 rings (SSSR count). The van der Waals surface area contributed by atoms with Crippen LogP contribution in [0.25, 0.3) is 0 Å². The molecule has 14 heteroatoms. The smallest absolute Gasteiger partial charge is 0.350 e. The first-order chi connectivity index (χ1) is 12.2. The van der Waals surface area contributed by atoms with Crippen LogP contribution in [0.15, 0.2) is 23.1 Å². The maximum atomic E-state index is 14.7. The molecule has 2 atom stereocenters. The Balaban J connectivity index is 2.07. The van der Waals surface area contributed by atoms with Crippen LogP contribution in [0.3, 0.4) is 0 Å². The van der Waals surface area contributed by atoms with E-state index >= 15 is 0 Å². The van der Waals surface area contributed by atoms with Crippen molar-refractivity contribution in [2.24, 2.45) is 0 Å². The maximum Gasteiger partial charge on any atom is 0.416 e. The van der Waals surface area contributed by atoms with Gasteiger partial charge in [0.15, 0.2) is 10.6 Å². The van der Waals surface area contributed by atoms with Gasteiger partial charge in [0.25, 0.3) is 11.6 Å². The normalized spacial score (nSPS) is 28.9. The van der Waals surface area contributed by atoms with Crippen molar-refractivity contribution in [2.45, 2.75) is 22.4 Å². The maximum absolute atomic E-state index is 14.7. The van der Waals surface area contributed by atoms with E-state index in [-0.39, 0.29) is 10.4 Å². The van der Waals surface area contributed by atoms with Crippen molar-refractivity contribution in [3.05, 3.63) is 33.9 Å². The van der Waals surface area contributed by atoms with Crippen molar-refractivity contribution in [3.8, 4) is 0 Å². The lowest BCUT2D eigenvalue weighted by molar-refractivity contribution is -0.388. The third-order valence-corrected chi connectivity index (χ3v) is 6.36. The van der Waals surface area contributed by atoms with Gasteiger partial charge in [0.1, 0.15) is 0 Å². The molecule has 0 aliphatic carbocycles. The zero-order valence-electron chi connectivity index (χ0n) is 13.1. The second kappa shape index (κ2) is 5.58. The second-order valence-corrected chi connectivity index (χ2v) is 8.07. The number of alkyl halides is 5. The number of nitro benzene ring substituents is 1. The number of rotatable bonds is 3. The fraction of sp³-hybridized carbons (Fsp3) is 0.462. The van der Waals surface area contributed by atoms with Gasteiger partial charge in [0.2, 0.25) is 15.7 Å². The van der Waals surface area contributed by atoms with Crippen molar-refractivity contribution < 1.29 is 40.1 Å². The number of hydrogen-bond acceptors (Lipinski definition) is 5. The molecule has 1 aromatic rings. The molecular formula is C13H10F5N3O5S. The zero-order chi connectivity index (χ0) is 20.4. The number of nitrogens with one attached hydrogen (secondary N) is 1. The van der Waals surface area contributed by atoms with E-state index < -0.39 is 74.1 Å². The van der Waals surface area contributed by atoms with Crippen molar-refractivity contribution in [3.63, 3.8) is 0 Å². The number of nitrogens with zero attached hydrogens (tertiary/aromatic N) is 2. The van der Waals surface area contributed by atoms with Gasteiger partial charge in [0.05, 0.1) is 30.1 Å². The summed E-state index contributed by atoms with van der Waals surface area (Å²) in [5.74, 6) is -1.37. The Hall–Kier alpha value is -2.35. The molecule has 2 heterocycles. The predicted molar refractivity (Wildman–Crippen MR) is 77.5 cm³/mol. The molecule has 0 unspecified atom stereocenters. The average Bonchev–Trinajstić information content (AvgIpc) is 2.95. The SMILES string of the molecule is O=C1NC[C@@]2(F)CN(S(=O)(=O)c3ccc(C(F)(F)F)cc3[N+](=O)[O-])C[C@@]12F. The number of nitro groups is 1. The standard InChI is InChI=1S/C13H10F5N3O5S/c14-11-4-19-10(22)12(11,15)6-20(5-11)27(25,26)9-2-1-7(13(16,17)18)3-8(9)21(23)24/h1-3H,4-6H2,(H,19,22)/t11-,12-/m1/s1. The number of carbonyl (C=O) groups is 1. The Morgan fingerprint density at radius 2 is 1.85 bits per heavy atom. The van der Waals surface area contributed by atoms with Gasteiger partial charge in [-0.05, 0) is 12.1 Å². The summed E-state index contributed by atoms with van der Waals surface area (Å²) in [6, 6.07) is 0.674. The van der Waals surface area contributed by atoms with Crippen LogP contribution in [0.1, 0.15) is 5.56 Å². The van der Waals surface area contributed by atoms with Gasteiger partial charge in [-0.2, -0.15) is 17.5 Å². The summed E-state index contributed by atoms with van der Waals surface area (Å²) >= 11 is 0. The first-order valence-electron chi connectivity index (χ1n) is 7.24. The van der Waals surface area contributed by atoms with E-state index in [1.807, 2.05) is 5.32 Å². The topological polar surface area (TPSA) is 110 Å². The predicted octanol–water partition coefficient (Wildman–Crippen LogP) is 1.16. The van der Waals surface area contributed by atoms with Crippen LogP contribution in [0.2, 0.25) is 0 Å². The molecule has 148 valence electrons. The van der Waals surface area contributed by atoms with Crippen LogP contribution in [0.4, 0.5) is 27.6 Å². The molecule has 2 aliphatic rings. The number of benzene rings is 1. The summed E-state index contributed by atoms with van der Waals surface area (Å²) in [5.41, 5.74) is -8.94. The summed E-state index contributed by atoms with van der Waals surface area (Å²) in [6.45, 7) is -3.18. The van der Waals surface area contributed by atoms with Gasteiger partial charge >= 0.3 is 6.18 Å². The summed E-state index contributed by atoms with van der Waals surface area (Å²) in [7, 11) is -4.95. The van der Waals surface area contributed by atoms with Gasteiger partial charge in [-0.25, -0.2) is 17.2 Å². The molecule has 0 bridgehead atoms. The highest BCUT2D eigenvalue weighted by atomic mass is 32.2. The highest BCUT2D eigenvalue weighted by molar-refractivity contribution is 7.89. The Bertz CT molecular complexity index is 952. The van der Waals surface area contributed by atoms with E-state index in [0.29, 0.717) is 12.1 Å². The van der Waals surface area contributed by atoms with Crippen molar-refractivity contribution in [1.29, 1.82) is 0 Å². The highest BCUT2D eigenvalue weighted by Gasteiger charge is 2.70. The first kappa shape index (κ1) is 19.4. The molecule has 0 radical (unpaired) electrons. The first-order valence-corrected chi connectivity index (χ1v) is 8.68. The van der Waals surface area contributed by atoms with E-state index in [2.05, 4.69) is 0 Å². The van der Waals surface area contributed by atoms with Crippen LogP contribution in [0, 0.1) is 10.1 Å². The number of amides is 1. The minimum absolute atomic E-state index is 0.0208. The molecule has 2 aliphatic heterocycles. The van der Waals surface area contributed by atoms with E-state index in [0.717, 1.165) is 0 Å². The van der Waals surface area contributed by atoms with Gasteiger partial charge in [-0.15, -0.1) is 0 Å². The lowest BCUT2D eigenvalue weighted by atomic mass is 9.93. The molecule has 2 saturated heterocycles. The van der Waals surface area contributed by atoms with Crippen molar-refractivity contribution >= 4 is 21.6 Å². The van der Waals surface area contributed by atoms with Crippen LogP contribution in [0.5, 0.6) is 0 Å². The van der Waals surface area contributed by atoms with Crippen LogP contribution in [-0.2, 0) is 21.0 Å². The number of halogens is 5. The summed E-state index contributed by atoms with van der Waals surface area (Å²) in [6.07, 6.45) is -4.97. The minimum atomic E-state index is -4.97. The molecule has 1 N–H and O–H groups in total. The molecule has 0 aromatic heterocycles. The minimum Gasteiger partial charge on any atom is -0.350 e. The van der Waals surface area contributed by atoms with Crippen molar-refractivity contribution in [2.75, 3.05) is 19.6 Å². The van der Waals surface area contributed by atoms with Gasteiger partial charge in [-0.3, -0.25) is 14.9 Å². The van der Waals surface area contributed by atoms with E-state index in [1.165, 1.54) is 0 Å². The Kier molecular flexibility index (Phi) is 4.01. The zero-order valence-corrected chi connectivity index (χ0v) is 13.9. The average molecular weight is 415 g/mol. The monoisotopic (exact) mass is 415 g/mol. The van der Waals surface area contributed by atoms with Gasteiger partial charge < -0.3 is 5.32 Å². The quantitative estimate of drug-likeness (QED) is 0.453. The lowest BCUT2D eigenvalue weighted by Crippen LogP contribution is -2.47. The van der Waals surface area contributed by atoms with Crippen LogP contribution >= 0.6 is 0 Å². The largest absolute Gasteiger partial charge is 0.416 e. The molecule has 27 heavy (non-hydrogen) atoms. The third kappa shape index (κ3) is 2.74. The van der Waals surface area contributed by atoms with Crippen molar-refractivity contribution in [1.82, 2.24) is 9.62 Å². The molecule has 2 fully saturated rings. The highest BCUT2D eigenvalue weighted by Crippen LogP contribution is 2.45. The molecule has 1 amide bonds. The van der Waals surface area contributed by atoms with Gasteiger partial charge in [-0.1, -0.05) is 0 Å². The summed E-state index contributed by atoms with van der Waals surface area (Å²) in [4.78, 5) is 20.1. The Morgan fingerprint density at radius 1 is 1.22 bits per heavy atom. The molecule has 1 aromatic carbocycles. The summed E-state index contributed by atoms with van der Waals surface area (Å²) < 4.78 is 93.0. The third-order valence-electron chi connectivity index (χ3n) is 4.52. The number of fused-ring (bicyclic) bond motifs is 1. The molecular weight excluding hydrogens is 405 g/mol. The van der Waals surface area contributed by atoms with E-state index in [1.54, 1.807) is 0 Å². The Morgan fingerprint density at radius 3 is 2.37 bits per heavy atom. The number of carbonyl (C=O) groups excluding carboxylic acids is 1. The second-order valence-electron chi connectivity index (χ2n) is 6.16. The van der Waals surface area contributed by atoms with Gasteiger partial charge in [0, 0.05) is 6.07 Å².